The minimum atomic E-state index is -1.55. The highest BCUT2D eigenvalue weighted by Gasteiger charge is 2.54. The number of benzene rings is 1. The number of allylic oxidation sites excluding steroid dienone is 3. The van der Waals surface area contributed by atoms with Crippen LogP contribution >= 0.6 is 27.7 Å². The highest BCUT2D eigenvalue weighted by molar-refractivity contribution is 9.10. The Morgan fingerprint density at radius 3 is 2.54 bits per heavy atom. The minimum Gasteiger partial charge on any atom is -0.399 e. The Kier molecular flexibility index (Phi) is 4.41. The number of halogens is 1. The summed E-state index contributed by atoms with van der Waals surface area (Å²) in [6, 6.07) is 14.0. The lowest BCUT2D eigenvalue weighted by atomic mass is 9.59. The molecule has 0 spiro atoms. The molecule has 0 fully saturated rings. The summed E-state index contributed by atoms with van der Waals surface area (Å²) in [5.74, 6) is 1.04. The van der Waals surface area contributed by atoms with E-state index >= 15 is 0 Å². The Morgan fingerprint density at radius 2 is 1.92 bits per heavy atom. The van der Waals surface area contributed by atoms with Crippen molar-refractivity contribution in [3.63, 3.8) is 0 Å². The normalized spacial score (nSPS) is 24.8. The molecule has 1 aliphatic heterocycles. The molecule has 1 aromatic carbocycles. The molecule has 0 saturated carbocycles. The number of fused-ring (bicyclic) bond motifs is 1. The summed E-state index contributed by atoms with van der Waals surface area (Å²) >= 11 is 5.28. The quantitative estimate of drug-likeness (QED) is 0.781. The van der Waals surface area contributed by atoms with Gasteiger partial charge >= 0.3 is 0 Å². The number of hydrogen-bond donors (Lipinski definition) is 1. The van der Waals surface area contributed by atoms with E-state index in [0.29, 0.717) is 5.57 Å². The molecule has 0 radical (unpaired) electrons. The number of nitriles is 3. The Hall–Kier alpha value is -2.20. The summed E-state index contributed by atoms with van der Waals surface area (Å²) in [4.78, 5) is 0. The molecule has 2 unspecified atom stereocenters. The van der Waals surface area contributed by atoms with E-state index in [1.165, 1.54) is 0 Å². The summed E-state index contributed by atoms with van der Waals surface area (Å²) in [6.07, 6.45) is 2.01. The maximum absolute atomic E-state index is 9.90. The fourth-order valence-electron chi connectivity index (χ4n) is 3.56. The van der Waals surface area contributed by atoms with Crippen molar-refractivity contribution in [1.82, 2.24) is 0 Å². The number of nitrogens with two attached hydrogens (primary N) is 1. The smallest absolute Gasteiger partial charge is 0.191 e. The van der Waals surface area contributed by atoms with E-state index in [1.807, 2.05) is 30.3 Å². The first-order chi connectivity index (χ1) is 11.6. The number of hydrogen-bond acceptors (Lipinski definition) is 5. The van der Waals surface area contributed by atoms with Gasteiger partial charge in [0.05, 0.1) is 23.4 Å². The molecule has 4 nitrogen and oxygen atoms in total. The molecule has 6 heteroatoms. The van der Waals surface area contributed by atoms with Gasteiger partial charge in [-0.2, -0.15) is 27.5 Å². The largest absolute Gasteiger partial charge is 0.399 e. The fourth-order valence-corrected chi connectivity index (χ4v) is 5.15. The summed E-state index contributed by atoms with van der Waals surface area (Å²) < 4.78 is 0.841. The van der Waals surface area contributed by atoms with E-state index in [0.717, 1.165) is 27.1 Å². The molecule has 0 aromatic heterocycles. The van der Waals surface area contributed by atoms with Crippen LogP contribution in [0, 0.1) is 45.3 Å². The van der Waals surface area contributed by atoms with Gasteiger partial charge in [0.25, 0.3) is 0 Å². The highest BCUT2D eigenvalue weighted by Crippen LogP contribution is 2.55. The van der Waals surface area contributed by atoms with Crippen molar-refractivity contribution >= 4 is 27.7 Å². The zero-order chi connectivity index (χ0) is 17.3. The molecule has 3 rings (SSSR count). The van der Waals surface area contributed by atoms with Crippen molar-refractivity contribution in [2.75, 3.05) is 11.5 Å². The van der Waals surface area contributed by atoms with Crippen molar-refractivity contribution in [3.8, 4) is 18.2 Å². The first-order valence-corrected chi connectivity index (χ1v) is 9.31. The van der Waals surface area contributed by atoms with E-state index in [2.05, 4.69) is 34.1 Å². The molecule has 1 heterocycles. The van der Waals surface area contributed by atoms with Gasteiger partial charge in [-0.05, 0) is 17.2 Å². The Labute approximate surface area is 153 Å². The standard InChI is InChI=1S/C18H13BrN4S/c19-15-4-2-1-3-12(15)16-14-8-24-6-5-11(14)13(7-20)17(23)18(16,9-21)10-22/h1-5,14,16H,6,8,23H2. The second-order valence-corrected chi connectivity index (χ2v) is 7.66. The first-order valence-electron chi connectivity index (χ1n) is 7.36. The Balaban J connectivity index is 2.37. The summed E-state index contributed by atoms with van der Waals surface area (Å²) in [7, 11) is 0. The molecule has 0 amide bonds. The minimum absolute atomic E-state index is 0.0742. The third-order valence-corrected chi connectivity index (χ3v) is 6.39. The highest BCUT2D eigenvalue weighted by atomic mass is 79.9. The summed E-state index contributed by atoms with van der Waals surface area (Å²) in [6.45, 7) is 0. The van der Waals surface area contributed by atoms with Crippen LogP contribution in [0.25, 0.3) is 0 Å². The molecule has 1 aromatic rings. The molecule has 0 bridgehead atoms. The molecular weight excluding hydrogens is 384 g/mol. The van der Waals surface area contributed by atoms with E-state index in [1.54, 1.807) is 11.8 Å². The van der Waals surface area contributed by atoms with Gasteiger partial charge in [-0.25, -0.2) is 0 Å². The van der Waals surface area contributed by atoms with Crippen molar-refractivity contribution in [2.45, 2.75) is 5.92 Å². The maximum atomic E-state index is 9.90. The van der Waals surface area contributed by atoms with Crippen LogP contribution in [0.3, 0.4) is 0 Å². The van der Waals surface area contributed by atoms with Gasteiger partial charge in [0.1, 0.15) is 6.07 Å². The monoisotopic (exact) mass is 396 g/mol. The van der Waals surface area contributed by atoms with Gasteiger partial charge in [-0.3, -0.25) is 0 Å². The molecule has 2 atom stereocenters. The van der Waals surface area contributed by atoms with Crippen LogP contribution in [0.15, 0.2) is 51.7 Å². The Bertz CT molecular complexity index is 868. The fraction of sp³-hybridized carbons (Fsp3) is 0.278. The summed E-state index contributed by atoms with van der Waals surface area (Å²) in [5.41, 5.74) is 6.79. The van der Waals surface area contributed by atoms with E-state index < -0.39 is 11.3 Å². The topological polar surface area (TPSA) is 97.4 Å². The zero-order valence-electron chi connectivity index (χ0n) is 12.7. The van der Waals surface area contributed by atoms with Gasteiger partial charge in [0, 0.05) is 27.8 Å². The predicted octanol–water partition coefficient (Wildman–Crippen LogP) is 3.61. The number of rotatable bonds is 1. The third kappa shape index (κ3) is 2.25. The van der Waals surface area contributed by atoms with Crippen LogP contribution in [-0.2, 0) is 0 Å². The molecular formula is C18H13BrN4S. The second kappa shape index (κ2) is 6.36. The van der Waals surface area contributed by atoms with Gasteiger partial charge in [0.15, 0.2) is 5.41 Å². The van der Waals surface area contributed by atoms with E-state index in [4.69, 9.17) is 5.73 Å². The van der Waals surface area contributed by atoms with Gasteiger partial charge in [0.2, 0.25) is 0 Å². The summed E-state index contributed by atoms with van der Waals surface area (Å²) in [5, 5.41) is 29.4. The molecule has 24 heavy (non-hydrogen) atoms. The molecule has 2 aliphatic rings. The van der Waals surface area contributed by atoms with Gasteiger partial charge < -0.3 is 5.73 Å². The van der Waals surface area contributed by atoms with Crippen LogP contribution < -0.4 is 5.73 Å². The van der Waals surface area contributed by atoms with Crippen LogP contribution in [0.1, 0.15) is 11.5 Å². The maximum Gasteiger partial charge on any atom is 0.191 e. The van der Waals surface area contributed by atoms with Crippen LogP contribution in [0.4, 0.5) is 0 Å². The van der Waals surface area contributed by atoms with Crippen LogP contribution in [0.5, 0.6) is 0 Å². The molecule has 118 valence electrons. The van der Waals surface area contributed by atoms with Crippen molar-refractivity contribution in [2.24, 2.45) is 17.1 Å². The van der Waals surface area contributed by atoms with Crippen LogP contribution in [-0.4, -0.2) is 11.5 Å². The van der Waals surface area contributed by atoms with Gasteiger partial charge in [-0.1, -0.05) is 40.2 Å². The molecule has 1 aliphatic carbocycles. The average molecular weight is 397 g/mol. The van der Waals surface area contributed by atoms with Gasteiger partial charge in [-0.15, -0.1) is 0 Å². The SMILES string of the molecule is N#CC1=C(N)C(C#N)(C#N)C(c2ccccc2Br)C2CSCC=C12. The lowest BCUT2D eigenvalue weighted by Crippen LogP contribution is -2.43. The predicted molar refractivity (Wildman–Crippen MR) is 96.3 cm³/mol. The second-order valence-electron chi connectivity index (χ2n) is 5.73. The number of thioether (sulfide) groups is 1. The van der Waals surface area contributed by atoms with Crippen molar-refractivity contribution in [3.05, 3.63) is 57.2 Å². The lowest BCUT2D eigenvalue weighted by molar-refractivity contribution is 0.367. The number of nitrogens with zero attached hydrogens (tertiary/aromatic N) is 3. The lowest BCUT2D eigenvalue weighted by Gasteiger charge is -2.43. The van der Waals surface area contributed by atoms with E-state index in [-0.39, 0.29) is 11.6 Å². The molecule has 2 N–H and O–H groups in total. The average Bonchev–Trinajstić information content (AvgIpc) is 2.62. The van der Waals surface area contributed by atoms with Crippen LogP contribution in [0.2, 0.25) is 0 Å². The van der Waals surface area contributed by atoms with E-state index in [9.17, 15) is 15.8 Å². The molecule has 0 saturated heterocycles. The Morgan fingerprint density at radius 1 is 1.21 bits per heavy atom. The third-order valence-electron chi connectivity index (χ3n) is 4.67. The first kappa shape index (κ1) is 16.7. The van der Waals surface area contributed by atoms with Crippen molar-refractivity contribution < 1.29 is 0 Å². The van der Waals surface area contributed by atoms with Crippen molar-refractivity contribution in [1.29, 1.82) is 15.8 Å². The zero-order valence-corrected chi connectivity index (χ0v) is 15.1.